The van der Waals surface area contributed by atoms with Crippen LogP contribution in [0.5, 0.6) is 0 Å². The number of anilines is 1. The molecule has 21 heavy (non-hydrogen) atoms. The molecule has 1 heterocycles. The summed E-state index contributed by atoms with van der Waals surface area (Å²) in [6.07, 6.45) is 6.22. The highest BCUT2D eigenvalue weighted by Gasteiger charge is 2.38. The normalized spacial score (nSPS) is 17.9. The van der Waals surface area contributed by atoms with Gasteiger partial charge in [-0.15, -0.1) is 0 Å². The van der Waals surface area contributed by atoms with Gasteiger partial charge in [0, 0.05) is 22.4 Å². The van der Waals surface area contributed by atoms with Crippen LogP contribution in [0.4, 0.5) is 5.69 Å². The first kappa shape index (κ1) is 14.8. The number of hydrogen-bond acceptors (Lipinski definition) is 3. The second kappa shape index (κ2) is 4.94. The molecule has 0 amide bonds. The summed E-state index contributed by atoms with van der Waals surface area (Å²) in [7, 11) is 0. The van der Waals surface area contributed by atoms with Gasteiger partial charge in [0.25, 0.3) is 0 Å². The zero-order valence-electron chi connectivity index (χ0n) is 13.4. The lowest BCUT2D eigenvalue weighted by Crippen LogP contribution is -2.39. The van der Waals surface area contributed by atoms with E-state index in [1.807, 2.05) is 23.9 Å². The molecule has 3 rings (SSSR count). The van der Waals surface area contributed by atoms with Crippen LogP contribution in [-0.4, -0.2) is 20.6 Å². The van der Waals surface area contributed by atoms with E-state index in [-0.39, 0.29) is 5.41 Å². The summed E-state index contributed by atoms with van der Waals surface area (Å²) < 4.78 is 2.83. The summed E-state index contributed by atoms with van der Waals surface area (Å²) >= 11 is 2.02. The van der Waals surface area contributed by atoms with Gasteiger partial charge in [0.1, 0.15) is 5.82 Å². The standard InChI is InChI=1S/C17H25N3S/c1-16(2,3)15-19-13-10-12(18)6-7-14(13)20(15)11-17(21-4)8-5-9-17/h6-7,10H,5,8-9,11,18H2,1-4H3. The monoisotopic (exact) mass is 303 g/mol. The molecule has 0 spiro atoms. The zero-order chi connectivity index (χ0) is 15.3. The van der Waals surface area contributed by atoms with Crippen LogP contribution in [0.1, 0.15) is 45.9 Å². The third-order valence-electron chi connectivity index (χ3n) is 4.59. The summed E-state index contributed by atoms with van der Waals surface area (Å²) in [4.78, 5) is 4.90. The van der Waals surface area contributed by atoms with Crippen molar-refractivity contribution in [1.82, 2.24) is 9.55 Å². The summed E-state index contributed by atoms with van der Waals surface area (Å²) in [5.41, 5.74) is 9.00. The fourth-order valence-electron chi connectivity index (χ4n) is 3.17. The van der Waals surface area contributed by atoms with Gasteiger partial charge in [0.15, 0.2) is 0 Å². The molecule has 1 saturated carbocycles. The molecule has 114 valence electrons. The van der Waals surface area contributed by atoms with Gasteiger partial charge in [-0.25, -0.2) is 4.98 Å². The Labute approximate surface area is 131 Å². The fraction of sp³-hybridized carbons (Fsp3) is 0.588. The van der Waals surface area contributed by atoms with Crippen LogP contribution in [-0.2, 0) is 12.0 Å². The van der Waals surface area contributed by atoms with Crippen LogP contribution in [0.3, 0.4) is 0 Å². The first-order chi connectivity index (χ1) is 9.85. The maximum atomic E-state index is 5.93. The lowest BCUT2D eigenvalue weighted by Gasteiger charge is -2.41. The molecule has 0 aliphatic heterocycles. The van der Waals surface area contributed by atoms with E-state index in [9.17, 15) is 0 Å². The van der Waals surface area contributed by atoms with Gasteiger partial charge in [-0.05, 0) is 37.3 Å². The Balaban J connectivity index is 2.14. The Kier molecular flexibility index (Phi) is 3.47. The molecule has 0 radical (unpaired) electrons. The molecule has 0 atom stereocenters. The summed E-state index contributed by atoms with van der Waals surface area (Å²) in [6, 6.07) is 6.10. The van der Waals surface area contributed by atoms with Crippen LogP contribution < -0.4 is 5.73 Å². The van der Waals surface area contributed by atoms with E-state index in [0.717, 1.165) is 17.7 Å². The molecule has 0 saturated heterocycles. The quantitative estimate of drug-likeness (QED) is 0.864. The van der Waals surface area contributed by atoms with Crippen molar-refractivity contribution < 1.29 is 0 Å². The molecule has 1 aliphatic rings. The smallest absolute Gasteiger partial charge is 0.115 e. The Morgan fingerprint density at radius 1 is 1.33 bits per heavy atom. The molecule has 0 unspecified atom stereocenters. The predicted octanol–water partition coefficient (Wildman–Crippen LogP) is 4.20. The number of hydrogen-bond donors (Lipinski definition) is 1. The van der Waals surface area contributed by atoms with Crippen molar-refractivity contribution in [2.75, 3.05) is 12.0 Å². The molecular weight excluding hydrogens is 278 g/mol. The minimum atomic E-state index is 0.0388. The number of benzene rings is 1. The van der Waals surface area contributed by atoms with Crippen molar-refractivity contribution in [1.29, 1.82) is 0 Å². The van der Waals surface area contributed by atoms with Gasteiger partial charge in [0.05, 0.1) is 11.0 Å². The SMILES string of the molecule is CSC1(Cn2c(C(C)(C)C)nc3cc(N)ccc32)CCC1. The van der Waals surface area contributed by atoms with E-state index in [2.05, 4.69) is 37.7 Å². The first-order valence-corrected chi connectivity index (χ1v) is 8.89. The molecule has 1 aromatic heterocycles. The van der Waals surface area contributed by atoms with E-state index in [0.29, 0.717) is 4.75 Å². The molecule has 1 fully saturated rings. The molecule has 1 aliphatic carbocycles. The Hall–Kier alpha value is -1.16. The largest absolute Gasteiger partial charge is 0.399 e. The van der Waals surface area contributed by atoms with Crippen LogP contribution in [0.25, 0.3) is 11.0 Å². The van der Waals surface area contributed by atoms with Gasteiger partial charge in [0.2, 0.25) is 0 Å². The second-order valence-corrected chi connectivity index (χ2v) is 8.53. The lowest BCUT2D eigenvalue weighted by molar-refractivity contribution is 0.315. The highest BCUT2D eigenvalue weighted by atomic mass is 32.2. The Morgan fingerprint density at radius 3 is 2.57 bits per heavy atom. The molecule has 3 nitrogen and oxygen atoms in total. The number of aromatic nitrogens is 2. The highest BCUT2D eigenvalue weighted by Crippen LogP contribution is 2.45. The topological polar surface area (TPSA) is 43.8 Å². The molecule has 2 N–H and O–H groups in total. The Bertz CT molecular complexity index is 657. The molecule has 2 aromatic rings. The van der Waals surface area contributed by atoms with Crippen molar-refractivity contribution in [3.8, 4) is 0 Å². The number of rotatable bonds is 3. The van der Waals surface area contributed by atoms with Gasteiger partial charge < -0.3 is 10.3 Å². The fourth-order valence-corrected chi connectivity index (χ4v) is 4.12. The average molecular weight is 303 g/mol. The van der Waals surface area contributed by atoms with Crippen LogP contribution >= 0.6 is 11.8 Å². The Morgan fingerprint density at radius 2 is 2.05 bits per heavy atom. The number of thioether (sulfide) groups is 1. The maximum Gasteiger partial charge on any atom is 0.115 e. The molecular formula is C17H25N3S. The van der Waals surface area contributed by atoms with Crippen molar-refractivity contribution in [3.05, 3.63) is 24.0 Å². The van der Waals surface area contributed by atoms with Crippen LogP contribution in [0.15, 0.2) is 18.2 Å². The third kappa shape index (κ3) is 2.54. The number of imidazole rings is 1. The van der Waals surface area contributed by atoms with E-state index in [4.69, 9.17) is 10.7 Å². The number of nitrogens with two attached hydrogens (primary N) is 1. The maximum absolute atomic E-state index is 5.93. The van der Waals surface area contributed by atoms with Crippen LogP contribution in [0.2, 0.25) is 0 Å². The van der Waals surface area contributed by atoms with Gasteiger partial charge in [-0.3, -0.25) is 0 Å². The van der Waals surface area contributed by atoms with Crippen molar-refractivity contribution in [3.63, 3.8) is 0 Å². The summed E-state index contributed by atoms with van der Waals surface area (Å²) in [6.45, 7) is 7.77. The highest BCUT2D eigenvalue weighted by molar-refractivity contribution is 8.00. The van der Waals surface area contributed by atoms with E-state index in [1.165, 1.54) is 30.6 Å². The van der Waals surface area contributed by atoms with Crippen molar-refractivity contribution >= 4 is 28.5 Å². The molecule has 1 aromatic carbocycles. The lowest BCUT2D eigenvalue weighted by atomic mass is 9.83. The van der Waals surface area contributed by atoms with Crippen LogP contribution in [0, 0.1) is 0 Å². The van der Waals surface area contributed by atoms with E-state index < -0.39 is 0 Å². The van der Waals surface area contributed by atoms with E-state index in [1.54, 1.807) is 0 Å². The van der Waals surface area contributed by atoms with Crippen molar-refractivity contribution in [2.24, 2.45) is 0 Å². The average Bonchev–Trinajstić information content (AvgIpc) is 2.71. The minimum absolute atomic E-state index is 0.0388. The van der Waals surface area contributed by atoms with Gasteiger partial charge >= 0.3 is 0 Å². The summed E-state index contributed by atoms with van der Waals surface area (Å²) in [5.74, 6) is 1.17. The molecule has 4 heteroatoms. The zero-order valence-corrected chi connectivity index (χ0v) is 14.3. The van der Waals surface area contributed by atoms with E-state index >= 15 is 0 Å². The van der Waals surface area contributed by atoms with Crippen molar-refractivity contribution in [2.45, 2.75) is 56.7 Å². The number of nitrogens with zero attached hydrogens (tertiary/aromatic N) is 2. The third-order valence-corrected chi connectivity index (χ3v) is 5.99. The summed E-state index contributed by atoms with van der Waals surface area (Å²) in [5, 5.41) is 0. The molecule has 0 bridgehead atoms. The van der Waals surface area contributed by atoms with Gasteiger partial charge in [-0.1, -0.05) is 27.2 Å². The van der Waals surface area contributed by atoms with Gasteiger partial charge in [-0.2, -0.15) is 11.8 Å². The number of nitrogen functional groups attached to an aromatic ring is 1. The number of fused-ring (bicyclic) bond motifs is 1. The second-order valence-electron chi connectivity index (χ2n) is 7.26. The first-order valence-electron chi connectivity index (χ1n) is 7.66. The minimum Gasteiger partial charge on any atom is -0.399 e. The predicted molar refractivity (Wildman–Crippen MR) is 92.9 cm³/mol.